The standard InChI is InChI=1S/C9H19N/c1-7(2)9-4-3-8(5-9)6-10/h7-9H,3-6,10H2,1-2H3/t8-,9+/m0/s1. The van der Waals surface area contributed by atoms with Gasteiger partial charge in [0.25, 0.3) is 0 Å². The van der Waals surface area contributed by atoms with Crippen LogP contribution in [0.1, 0.15) is 33.1 Å². The minimum absolute atomic E-state index is 0.840. The molecule has 1 fully saturated rings. The molecule has 2 N–H and O–H groups in total. The lowest BCUT2D eigenvalue weighted by Crippen LogP contribution is -2.12. The quantitative estimate of drug-likeness (QED) is 0.625. The SMILES string of the molecule is CC(C)[C@@H]1CC[C@H](CN)C1. The summed E-state index contributed by atoms with van der Waals surface area (Å²) < 4.78 is 0. The number of hydrogen-bond donors (Lipinski definition) is 1. The molecule has 0 aliphatic heterocycles. The number of hydrogen-bond acceptors (Lipinski definition) is 1. The fourth-order valence-electron chi connectivity index (χ4n) is 1.93. The first-order chi connectivity index (χ1) is 4.74. The van der Waals surface area contributed by atoms with E-state index in [0.717, 1.165) is 24.3 Å². The summed E-state index contributed by atoms with van der Waals surface area (Å²) in [7, 11) is 0. The summed E-state index contributed by atoms with van der Waals surface area (Å²) in [5, 5.41) is 0. The molecule has 1 aliphatic rings. The minimum atomic E-state index is 0.840. The molecule has 0 spiro atoms. The van der Waals surface area contributed by atoms with E-state index in [-0.39, 0.29) is 0 Å². The topological polar surface area (TPSA) is 26.0 Å². The molecule has 0 aromatic rings. The van der Waals surface area contributed by atoms with E-state index >= 15 is 0 Å². The first-order valence-corrected chi connectivity index (χ1v) is 4.44. The zero-order chi connectivity index (χ0) is 7.56. The van der Waals surface area contributed by atoms with Crippen LogP contribution in [-0.2, 0) is 0 Å². The van der Waals surface area contributed by atoms with Crippen molar-refractivity contribution in [2.24, 2.45) is 23.5 Å². The van der Waals surface area contributed by atoms with Crippen molar-refractivity contribution >= 4 is 0 Å². The van der Waals surface area contributed by atoms with Crippen LogP contribution in [-0.4, -0.2) is 6.54 Å². The fraction of sp³-hybridized carbons (Fsp3) is 1.00. The maximum atomic E-state index is 5.60. The van der Waals surface area contributed by atoms with Gasteiger partial charge in [-0.3, -0.25) is 0 Å². The Morgan fingerprint density at radius 3 is 2.40 bits per heavy atom. The molecule has 0 unspecified atom stereocenters. The molecule has 0 saturated heterocycles. The van der Waals surface area contributed by atoms with Gasteiger partial charge in [0, 0.05) is 0 Å². The van der Waals surface area contributed by atoms with Crippen molar-refractivity contribution in [2.75, 3.05) is 6.54 Å². The summed E-state index contributed by atoms with van der Waals surface area (Å²) >= 11 is 0. The molecule has 1 heteroatoms. The lowest BCUT2D eigenvalue weighted by molar-refractivity contribution is 0.380. The normalized spacial score (nSPS) is 33.6. The smallest absolute Gasteiger partial charge is 0.00488 e. The van der Waals surface area contributed by atoms with Crippen LogP contribution in [0.4, 0.5) is 0 Å². The Morgan fingerprint density at radius 1 is 1.40 bits per heavy atom. The molecule has 0 aromatic carbocycles. The molecule has 1 rings (SSSR count). The van der Waals surface area contributed by atoms with Crippen molar-refractivity contribution in [1.29, 1.82) is 0 Å². The summed E-state index contributed by atoms with van der Waals surface area (Å²) in [5.74, 6) is 2.68. The van der Waals surface area contributed by atoms with Gasteiger partial charge in [-0.15, -0.1) is 0 Å². The van der Waals surface area contributed by atoms with E-state index in [0.29, 0.717) is 0 Å². The van der Waals surface area contributed by atoms with Crippen LogP contribution in [0.2, 0.25) is 0 Å². The average molecular weight is 141 g/mol. The molecular weight excluding hydrogens is 122 g/mol. The van der Waals surface area contributed by atoms with E-state index in [2.05, 4.69) is 13.8 Å². The molecule has 60 valence electrons. The molecule has 0 radical (unpaired) electrons. The van der Waals surface area contributed by atoms with Gasteiger partial charge in [0.1, 0.15) is 0 Å². The summed E-state index contributed by atoms with van der Waals surface area (Å²) in [5.41, 5.74) is 5.60. The Morgan fingerprint density at radius 2 is 2.10 bits per heavy atom. The van der Waals surface area contributed by atoms with Gasteiger partial charge in [-0.05, 0) is 43.6 Å². The predicted octanol–water partition coefficient (Wildman–Crippen LogP) is 2.02. The van der Waals surface area contributed by atoms with Gasteiger partial charge in [-0.1, -0.05) is 13.8 Å². The lowest BCUT2D eigenvalue weighted by Gasteiger charge is -2.13. The molecule has 2 atom stereocenters. The first kappa shape index (κ1) is 8.06. The Kier molecular flexibility index (Phi) is 2.72. The van der Waals surface area contributed by atoms with Crippen molar-refractivity contribution in [3.8, 4) is 0 Å². The van der Waals surface area contributed by atoms with Gasteiger partial charge in [0.05, 0.1) is 0 Å². The van der Waals surface area contributed by atoms with E-state index in [4.69, 9.17) is 5.73 Å². The minimum Gasteiger partial charge on any atom is -0.330 e. The summed E-state index contributed by atoms with van der Waals surface area (Å²) in [6, 6.07) is 0. The van der Waals surface area contributed by atoms with Crippen molar-refractivity contribution in [3.05, 3.63) is 0 Å². The third-order valence-corrected chi connectivity index (χ3v) is 2.86. The Bertz CT molecular complexity index is 98.9. The fourth-order valence-corrected chi connectivity index (χ4v) is 1.93. The second kappa shape index (κ2) is 3.38. The Balaban J connectivity index is 2.28. The van der Waals surface area contributed by atoms with E-state index < -0.39 is 0 Å². The molecule has 1 aliphatic carbocycles. The second-order valence-electron chi connectivity index (χ2n) is 3.92. The van der Waals surface area contributed by atoms with Gasteiger partial charge < -0.3 is 5.73 Å². The lowest BCUT2D eigenvalue weighted by atomic mass is 9.93. The van der Waals surface area contributed by atoms with Crippen LogP contribution in [0.3, 0.4) is 0 Å². The summed E-state index contributed by atoms with van der Waals surface area (Å²) in [6.07, 6.45) is 4.17. The molecule has 1 nitrogen and oxygen atoms in total. The predicted molar refractivity (Wildman–Crippen MR) is 44.7 cm³/mol. The van der Waals surface area contributed by atoms with Crippen LogP contribution in [0.25, 0.3) is 0 Å². The van der Waals surface area contributed by atoms with Crippen LogP contribution >= 0.6 is 0 Å². The number of nitrogens with two attached hydrogens (primary N) is 1. The molecule has 0 aromatic heterocycles. The van der Waals surface area contributed by atoms with Gasteiger partial charge in [-0.25, -0.2) is 0 Å². The highest BCUT2D eigenvalue weighted by Crippen LogP contribution is 2.34. The van der Waals surface area contributed by atoms with Crippen LogP contribution in [0.15, 0.2) is 0 Å². The highest BCUT2D eigenvalue weighted by molar-refractivity contribution is 4.77. The van der Waals surface area contributed by atoms with E-state index in [9.17, 15) is 0 Å². The second-order valence-corrected chi connectivity index (χ2v) is 3.92. The zero-order valence-electron chi connectivity index (χ0n) is 7.14. The summed E-state index contributed by atoms with van der Waals surface area (Å²) in [6.45, 7) is 5.55. The van der Waals surface area contributed by atoms with E-state index in [1.54, 1.807) is 0 Å². The van der Waals surface area contributed by atoms with Crippen molar-refractivity contribution < 1.29 is 0 Å². The highest BCUT2D eigenvalue weighted by Gasteiger charge is 2.25. The number of rotatable bonds is 2. The largest absolute Gasteiger partial charge is 0.330 e. The van der Waals surface area contributed by atoms with Crippen molar-refractivity contribution in [1.82, 2.24) is 0 Å². The molecule has 0 bridgehead atoms. The molecular formula is C9H19N. The van der Waals surface area contributed by atoms with Gasteiger partial charge in [0.2, 0.25) is 0 Å². The molecule has 1 saturated carbocycles. The molecule has 0 amide bonds. The molecule has 10 heavy (non-hydrogen) atoms. The highest BCUT2D eigenvalue weighted by atomic mass is 14.6. The third kappa shape index (κ3) is 1.72. The average Bonchev–Trinajstić information content (AvgIpc) is 2.34. The zero-order valence-corrected chi connectivity index (χ0v) is 7.14. The van der Waals surface area contributed by atoms with Crippen LogP contribution in [0.5, 0.6) is 0 Å². The van der Waals surface area contributed by atoms with Gasteiger partial charge in [0.15, 0.2) is 0 Å². The van der Waals surface area contributed by atoms with Crippen LogP contribution in [0, 0.1) is 17.8 Å². The monoisotopic (exact) mass is 141 g/mol. The maximum absolute atomic E-state index is 5.60. The maximum Gasteiger partial charge on any atom is -0.00488 e. The van der Waals surface area contributed by atoms with E-state index in [1.165, 1.54) is 19.3 Å². The summed E-state index contributed by atoms with van der Waals surface area (Å²) in [4.78, 5) is 0. The Labute approximate surface area is 64.0 Å². The van der Waals surface area contributed by atoms with Crippen LogP contribution < -0.4 is 5.73 Å². The third-order valence-electron chi connectivity index (χ3n) is 2.86. The van der Waals surface area contributed by atoms with Crippen molar-refractivity contribution in [2.45, 2.75) is 33.1 Å². The first-order valence-electron chi connectivity index (χ1n) is 4.44. The Hall–Kier alpha value is -0.0400. The van der Waals surface area contributed by atoms with Crippen molar-refractivity contribution in [3.63, 3.8) is 0 Å². The van der Waals surface area contributed by atoms with E-state index in [1.807, 2.05) is 0 Å². The van der Waals surface area contributed by atoms with Gasteiger partial charge in [-0.2, -0.15) is 0 Å². The molecule has 0 heterocycles. The van der Waals surface area contributed by atoms with Gasteiger partial charge >= 0.3 is 0 Å².